The van der Waals surface area contributed by atoms with Crippen molar-refractivity contribution in [1.82, 2.24) is 0 Å². The molecule has 0 aliphatic heterocycles. The Kier molecular flexibility index (Phi) is 18.6. The summed E-state index contributed by atoms with van der Waals surface area (Å²) in [5, 5.41) is 7.92. The number of rotatable bonds is 3. The molecular weight excluding hydrogens is 178 g/mol. The van der Waals surface area contributed by atoms with Crippen LogP contribution in [0.5, 0.6) is 0 Å². The van der Waals surface area contributed by atoms with Gasteiger partial charge in [-0.1, -0.05) is 0 Å². The molecule has 1 atom stereocenters. The number of carbonyl (C=O) groups is 1. The minimum Gasteiger partial charge on any atom is -0.481 e. The molecular formula is C3H6Na2O4S+2. The van der Waals surface area contributed by atoms with Crippen LogP contribution in [0.3, 0.4) is 0 Å². The third kappa shape index (κ3) is 16.3. The Hall–Kier alpha value is 1.58. The fourth-order valence-corrected chi connectivity index (χ4v) is 0.524. The van der Waals surface area contributed by atoms with Crippen molar-refractivity contribution in [2.24, 2.45) is 0 Å². The normalized spacial score (nSPS) is 10.5. The Morgan fingerprint density at radius 2 is 1.80 bits per heavy atom. The van der Waals surface area contributed by atoms with Crippen molar-refractivity contribution < 1.29 is 77.8 Å². The molecule has 48 valence electrons. The molecule has 0 heterocycles. The molecule has 0 saturated carbocycles. The fourth-order valence-electron chi connectivity index (χ4n) is 0.175. The summed E-state index contributed by atoms with van der Waals surface area (Å²) >= 11 is -1.97. The summed E-state index contributed by atoms with van der Waals surface area (Å²) in [6.45, 7) is 0. The Labute approximate surface area is 106 Å². The molecule has 0 aliphatic carbocycles. The first-order chi connectivity index (χ1) is 3.63. The summed E-state index contributed by atoms with van der Waals surface area (Å²) in [5.74, 6) is -1.23. The predicted molar refractivity (Wildman–Crippen MR) is 27.9 cm³/mol. The number of hydrogen-bond acceptors (Lipinski definition) is 2. The Balaban J connectivity index is -0.000000245. The Morgan fingerprint density at radius 3 is 1.90 bits per heavy atom. The summed E-state index contributed by atoms with van der Waals surface area (Å²) in [6.07, 6.45) is -0.247. The van der Waals surface area contributed by atoms with Crippen molar-refractivity contribution in [3.8, 4) is 0 Å². The summed E-state index contributed by atoms with van der Waals surface area (Å²) in [6, 6.07) is 0. The van der Waals surface area contributed by atoms with E-state index in [0.29, 0.717) is 0 Å². The van der Waals surface area contributed by atoms with Crippen LogP contribution in [0.25, 0.3) is 0 Å². The second-order valence-electron chi connectivity index (χ2n) is 1.17. The Morgan fingerprint density at radius 1 is 1.40 bits per heavy atom. The van der Waals surface area contributed by atoms with Gasteiger partial charge in [0.1, 0.15) is 0 Å². The van der Waals surface area contributed by atoms with E-state index in [4.69, 9.17) is 9.66 Å². The number of hydrogen-bond donors (Lipinski definition) is 2. The third-order valence-electron chi connectivity index (χ3n) is 0.491. The zero-order chi connectivity index (χ0) is 6.57. The van der Waals surface area contributed by atoms with Crippen molar-refractivity contribution in [3.05, 3.63) is 0 Å². The first-order valence-corrected chi connectivity index (χ1v) is 3.20. The first kappa shape index (κ1) is 17.6. The summed E-state index contributed by atoms with van der Waals surface area (Å²) in [5.41, 5.74) is 0. The minimum atomic E-state index is -1.97. The molecule has 0 aromatic heterocycles. The molecule has 0 saturated heterocycles. The molecule has 0 aliphatic rings. The largest absolute Gasteiger partial charge is 1.00 e. The van der Waals surface area contributed by atoms with Gasteiger partial charge in [-0.05, 0) is 0 Å². The van der Waals surface area contributed by atoms with Gasteiger partial charge >= 0.3 is 65.1 Å². The molecule has 7 heteroatoms. The number of carboxylic acid groups (broad SMARTS) is 1. The molecule has 0 bridgehead atoms. The van der Waals surface area contributed by atoms with Crippen molar-refractivity contribution in [1.29, 1.82) is 0 Å². The van der Waals surface area contributed by atoms with E-state index in [1.54, 1.807) is 0 Å². The topological polar surface area (TPSA) is 74.6 Å². The SMILES string of the molecule is O=C(O)CCS(=O)O.[Na+].[Na+]. The van der Waals surface area contributed by atoms with Gasteiger partial charge in [0, 0.05) is 0 Å². The molecule has 4 nitrogen and oxygen atoms in total. The van der Waals surface area contributed by atoms with Gasteiger partial charge in [0.2, 0.25) is 0 Å². The van der Waals surface area contributed by atoms with Crippen molar-refractivity contribution in [2.45, 2.75) is 6.42 Å². The molecule has 0 radical (unpaired) electrons. The van der Waals surface area contributed by atoms with Gasteiger partial charge in [-0.2, -0.15) is 0 Å². The first-order valence-electron chi connectivity index (χ1n) is 1.92. The molecule has 2 N–H and O–H groups in total. The van der Waals surface area contributed by atoms with Gasteiger partial charge in [-0.25, -0.2) is 4.21 Å². The van der Waals surface area contributed by atoms with Crippen molar-refractivity contribution in [3.63, 3.8) is 0 Å². The summed E-state index contributed by atoms with van der Waals surface area (Å²) < 4.78 is 17.8. The van der Waals surface area contributed by atoms with E-state index in [0.717, 1.165) is 0 Å². The third-order valence-corrected chi connectivity index (χ3v) is 1.04. The number of aliphatic carboxylic acids is 1. The maximum absolute atomic E-state index is 9.75. The van der Waals surface area contributed by atoms with Crippen LogP contribution in [0.15, 0.2) is 0 Å². The zero-order valence-corrected chi connectivity index (χ0v) is 10.8. The van der Waals surface area contributed by atoms with E-state index in [1.165, 1.54) is 0 Å². The van der Waals surface area contributed by atoms with Crippen LogP contribution in [0.4, 0.5) is 0 Å². The maximum Gasteiger partial charge on any atom is 1.00 e. The minimum absolute atomic E-state index is 0. The average Bonchev–Trinajstić information content (AvgIpc) is 1.61. The molecule has 10 heavy (non-hydrogen) atoms. The van der Waals surface area contributed by atoms with E-state index in [9.17, 15) is 9.00 Å². The molecule has 0 fully saturated rings. The van der Waals surface area contributed by atoms with Crippen LogP contribution < -0.4 is 59.1 Å². The van der Waals surface area contributed by atoms with E-state index >= 15 is 0 Å². The van der Waals surface area contributed by atoms with Gasteiger partial charge in [0.05, 0.1) is 12.2 Å². The van der Waals surface area contributed by atoms with Gasteiger partial charge in [0.15, 0.2) is 11.1 Å². The maximum atomic E-state index is 9.75. The smallest absolute Gasteiger partial charge is 0.481 e. The van der Waals surface area contributed by atoms with Crippen LogP contribution in [0, 0.1) is 0 Å². The molecule has 0 rings (SSSR count). The second-order valence-corrected chi connectivity index (χ2v) is 2.22. The summed E-state index contributed by atoms with van der Waals surface area (Å²) in [7, 11) is 0. The second kappa shape index (κ2) is 10.6. The van der Waals surface area contributed by atoms with E-state index in [2.05, 4.69) is 0 Å². The van der Waals surface area contributed by atoms with Crippen molar-refractivity contribution in [2.75, 3.05) is 5.75 Å². The van der Waals surface area contributed by atoms with E-state index in [1.807, 2.05) is 0 Å². The van der Waals surface area contributed by atoms with Crippen LogP contribution in [0.2, 0.25) is 0 Å². The van der Waals surface area contributed by atoms with Gasteiger partial charge < -0.3 is 9.66 Å². The van der Waals surface area contributed by atoms with Gasteiger partial charge in [-0.15, -0.1) is 0 Å². The fraction of sp³-hybridized carbons (Fsp3) is 0.667. The van der Waals surface area contributed by atoms with E-state index in [-0.39, 0.29) is 71.3 Å². The molecule has 0 aromatic rings. The quantitative estimate of drug-likeness (QED) is 0.338. The Bertz CT molecular complexity index is 103. The zero-order valence-electron chi connectivity index (χ0n) is 6.03. The van der Waals surface area contributed by atoms with Gasteiger partial charge in [-0.3, -0.25) is 4.79 Å². The standard InChI is InChI=1S/C3H6O4S.2Na/c4-3(5)1-2-8(6)7;;/h1-2H2,(H,4,5)(H,6,7);;/q;2*+1. The van der Waals surface area contributed by atoms with E-state index < -0.39 is 17.0 Å². The monoisotopic (exact) mass is 184 g/mol. The molecule has 0 spiro atoms. The number of carboxylic acids is 1. The molecule has 0 amide bonds. The van der Waals surface area contributed by atoms with Gasteiger partial charge in [0.25, 0.3) is 0 Å². The van der Waals surface area contributed by atoms with Crippen LogP contribution >= 0.6 is 0 Å². The van der Waals surface area contributed by atoms with Crippen LogP contribution in [0.1, 0.15) is 6.42 Å². The predicted octanol–water partition coefficient (Wildman–Crippen LogP) is -6.31. The average molecular weight is 184 g/mol. The van der Waals surface area contributed by atoms with Crippen LogP contribution in [-0.2, 0) is 15.9 Å². The van der Waals surface area contributed by atoms with Crippen molar-refractivity contribution >= 4 is 17.0 Å². The molecule has 0 aromatic carbocycles. The van der Waals surface area contributed by atoms with Crippen LogP contribution in [-0.4, -0.2) is 25.6 Å². The summed E-state index contributed by atoms with van der Waals surface area (Å²) in [4.78, 5) is 9.66. The molecule has 1 unspecified atom stereocenters.